The average molecular weight is 465 g/mol. The molecule has 2 aromatic heterocycles. The number of nitrogens with one attached hydrogen (secondary N) is 1. The maximum Gasteiger partial charge on any atom is 0.269 e. The smallest absolute Gasteiger partial charge is 0.269 e. The summed E-state index contributed by atoms with van der Waals surface area (Å²) in [6.07, 6.45) is 0. The SMILES string of the molecule is COc1ccc(-c2csc(-n3nc(C)cc3NC(=O)c3ccc([N+](=O)[O-])cc3)n2)cc1OC. The van der Waals surface area contributed by atoms with Gasteiger partial charge in [0.1, 0.15) is 5.82 Å². The molecule has 1 amide bonds. The van der Waals surface area contributed by atoms with E-state index in [1.54, 1.807) is 38.0 Å². The Morgan fingerprint density at radius 3 is 2.48 bits per heavy atom. The number of benzene rings is 2. The monoisotopic (exact) mass is 465 g/mol. The van der Waals surface area contributed by atoms with Crippen LogP contribution in [-0.2, 0) is 0 Å². The minimum atomic E-state index is -0.515. The molecule has 0 fully saturated rings. The van der Waals surface area contributed by atoms with Gasteiger partial charge in [0.25, 0.3) is 11.6 Å². The number of aromatic nitrogens is 3. The molecule has 0 saturated heterocycles. The lowest BCUT2D eigenvalue weighted by Gasteiger charge is -2.08. The summed E-state index contributed by atoms with van der Waals surface area (Å²) in [5.74, 6) is 1.23. The van der Waals surface area contributed by atoms with Crippen LogP contribution in [0.5, 0.6) is 11.5 Å². The van der Waals surface area contributed by atoms with E-state index in [0.717, 1.165) is 11.3 Å². The van der Waals surface area contributed by atoms with Gasteiger partial charge >= 0.3 is 0 Å². The maximum absolute atomic E-state index is 12.7. The molecule has 2 aromatic carbocycles. The lowest BCUT2D eigenvalue weighted by atomic mass is 10.1. The summed E-state index contributed by atoms with van der Waals surface area (Å²) in [5.41, 5.74) is 2.46. The summed E-state index contributed by atoms with van der Waals surface area (Å²) in [5, 5.41) is 20.5. The number of carbonyl (C=O) groups excluding carboxylic acids is 1. The number of methoxy groups -OCH3 is 2. The molecule has 33 heavy (non-hydrogen) atoms. The van der Waals surface area contributed by atoms with Crippen LogP contribution in [0.1, 0.15) is 16.1 Å². The van der Waals surface area contributed by atoms with Crippen LogP contribution in [0.2, 0.25) is 0 Å². The third-order valence-corrected chi connectivity index (χ3v) is 5.58. The van der Waals surface area contributed by atoms with Crippen LogP contribution in [-0.4, -0.2) is 39.8 Å². The van der Waals surface area contributed by atoms with Crippen molar-refractivity contribution in [3.8, 4) is 27.9 Å². The summed E-state index contributed by atoms with van der Waals surface area (Å²) >= 11 is 1.37. The Morgan fingerprint density at radius 2 is 1.82 bits per heavy atom. The first-order valence-corrected chi connectivity index (χ1v) is 10.6. The summed E-state index contributed by atoms with van der Waals surface area (Å²) in [4.78, 5) is 27.7. The molecule has 2 heterocycles. The standard InChI is InChI=1S/C22H19N5O5S/c1-13-10-20(24-21(28)14-4-7-16(8-5-14)27(29)30)26(25-13)22-23-17(12-33-22)15-6-9-18(31-2)19(11-15)32-3/h4-12H,1-3H3,(H,24,28). The van der Waals surface area contributed by atoms with Gasteiger partial charge in [-0.05, 0) is 37.3 Å². The van der Waals surface area contributed by atoms with Crippen molar-refractivity contribution in [3.63, 3.8) is 0 Å². The van der Waals surface area contributed by atoms with Gasteiger partial charge in [0, 0.05) is 34.7 Å². The fourth-order valence-corrected chi connectivity index (χ4v) is 3.94. The third-order valence-electron chi connectivity index (χ3n) is 4.77. The molecule has 0 spiro atoms. The van der Waals surface area contributed by atoms with E-state index in [4.69, 9.17) is 9.47 Å². The molecular weight excluding hydrogens is 446 g/mol. The molecule has 4 rings (SSSR count). The second-order valence-corrected chi connectivity index (χ2v) is 7.76. The number of ether oxygens (including phenoxy) is 2. The number of aryl methyl sites for hydroxylation is 1. The summed E-state index contributed by atoms with van der Waals surface area (Å²) in [7, 11) is 3.14. The Kier molecular flexibility index (Phi) is 6.05. The van der Waals surface area contributed by atoms with E-state index >= 15 is 0 Å². The molecule has 0 aliphatic carbocycles. The van der Waals surface area contributed by atoms with Crippen LogP contribution in [0.4, 0.5) is 11.5 Å². The molecule has 0 atom stereocenters. The number of anilines is 1. The van der Waals surface area contributed by atoms with E-state index in [1.165, 1.54) is 35.6 Å². The van der Waals surface area contributed by atoms with Crippen LogP contribution >= 0.6 is 11.3 Å². The van der Waals surface area contributed by atoms with Gasteiger partial charge in [0.05, 0.1) is 30.5 Å². The van der Waals surface area contributed by atoms with Gasteiger partial charge in [-0.1, -0.05) is 0 Å². The van der Waals surface area contributed by atoms with Crippen molar-refractivity contribution in [2.75, 3.05) is 19.5 Å². The molecule has 0 aliphatic rings. The zero-order valence-corrected chi connectivity index (χ0v) is 18.8. The van der Waals surface area contributed by atoms with Gasteiger partial charge in [-0.25, -0.2) is 4.98 Å². The molecule has 0 aliphatic heterocycles. The first kappa shape index (κ1) is 22.0. The van der Waals surface area contributed by atoms with E-state index in [0.29, 0.717) is 28.1 Å². The minimum absolute atomic E-state index is 0.0853. The first-order chi connectivity index (χ1) is 15.9. The molecular formula is C22H19N5O5S. The van der Waals surface area contributed by atoms with Gasteiger partial charge in [0.15, 0.2) is 11.5 Å². The predicted molar refractivity (Wildman–Crippen MR) is 124 cm³/mol. The van der Waals surface area contributed by atoms with Crippen molar-refractivity contribution in [3.05, 3.63) is 75.3 Å². The van der Waals surface area contributed by atoms with E-state index in [9.17, 15) is 14.9 Å². The van der Waals surface area contributed by atoms with Crippen LogP contribution < -0.4 is 14.8 Å². The molecule has 10 nitrogen and oxygen atoms in total. The molecule has 4 aromatic rings. The Balaban J connectivity index is 1.60. The Hall–Kier alpha value is -4.25. The molecule has 1 N–H and O–H groups in total. The quantitative estimate of drug-likeness (QED) is 0.315. The predicted octanol–water partition coefficient (Wildman–Crippen LogP) is 4.48. The Morgan fingerprint density at radius 1 is 1.09 bits per heavy atom. The fraction of sp³-hybridized carbons (Fsp3) is 0.136. The zero-order chi connectivity index (χ0) is 23.5. The van der Waals surface area contributed by atoms with Gasteiger partial charge in [-0.2, -0.15) is 9.78 Å². The number of nitro groups is 1. The molecule has 11 heteroatoms. The van der Waals surface area contributed by atoms with Crippen molar-refractivity contribution in [1.29, 1.82) is 0 Å². The summed E-state index contributed by atoms with van der Waals surface area (Å²) in [6, 6.07) is 12.6. The highest BCUT2D eigenvalue weighted by Gasteiger charge is 2.17. The van der Waals surface area contributed by atoms with Gasteiger partial charge in [-0.15, -0.1) is 11.3 Å². The zero-order valence-electron chi connectivity index (χ0n) is 17.9. The van der Waals surface area contributed by atoms with Crippen LogP contribution in [0.15, 0.2) is 53.9 Å². The molecule has 0 radical (unpaired) electrons. The van der Waals surface area contributed by atoms with E-state index < -0.39 is 10.8 Å². The number of carbonyl (C=O) groups is 1. The normalized spacial score (nSPS) is 10.6. The van der Waals surface area contributed by atoms with Crippen LogP contribution in [0.3, 0.4) is 0 Å². The topological polar surface area (TPSA) is 121 Å². The summed E-state index contributed by atoms with van der Waals surface area (Å²) in [6.45, 7) is 1.81. The van der Waals surface area contributed by atoms with Gasteiger partial charge < -0.3 is 14.8 Å². The van der Waals surface area contributed by atoms with Crippen molar-refractivity contribution >= 4 is 28.7 Å². The number of amides is 1. The molecule has 0 bridgehead atoms. The average Bonchev–Trinajstić information content (AvgIpc) is 3.45. The second kappa shape index (κ2) is 9.09. The minimum Gasteiger partial charge on any atom is -0.493 e. The number of rotatable bonds is 7. The molecule has 0 unspecified atom stereocenters. The van der Waals surface area contributed by atoms with Crippen LogP contribution in [0, 0.1) is 17.0 Å². The van der Waals surface area contributed by atoms with Gasteiger partial charge in [-0.3, -0.25) is 14.9 Å². The lowest BCUT2D eigenvalue weighted by Crippen LogP contribution is -2.15. The fourth-order valence-electron chi connectivity index (χ4n) is 3.15. The lowest BCUT2D eigenvalue weighted by molar-refractivity contribution is -0.384. The van der Waals surface area contributed by atoms with Crippen molar-refractivity contribution in [1.82, 2.24) is 14.8 Å². The Bertz CT molecular complexity index is 1330. The van der Waals surface area contributed by atoms with E-state index in [1.807, 2.05) is 17.5 Å². The largest absolute Gasteiger partial charge is 0.493 e. The number of hydrogen-bond acceptors (Lipinski definition) is 8. The highest BCUT2D eigenvalue weighted by Crippen LogP contribution is 2.33. The molecule has 0 saturated carbocycles. The third kappa shape index (κ3) is 4.53. The number of nitro benzene ring substituents is 1. The molecule has 168 valence electrons. The summed E-state index contributed by atoms with van der Waals surface area (Å²) < 4.78 is 12.2. The van der Waals surface area contributed by atoms with E-state index in [2.05, 4.69) is 15.4 Å². The number of hydrogen-bond donors (Lipinski definition) is 1. The maximum atomic E-state index is 12.7. The number of thiazole rings is 1. The highest BCUT2D eigenvalue weighted by molar-refractivity contribution is 7.12. The van der Waals surface area contributed by atoms with Crippen molar-refractivity contribution in [2.45, 2.75) is 6.92 Å². The van der Waals surface area contributed by atoms with Crippen molar-refractivity contribution in [2.24, 2.45) is 0 Å². The highest BCUT2D eigenvalue weighted by atomic mass is 32.1. The second-order valence-electron chi connectivity index (χ2n) is 6.93. The van der Waals surface area contributed by atoms with Crippen LogP contribution in [0.25, 0.3) is 16.4 Å². The van der Waals surface area contributed by atoms with Crippen molar-refractivity contribution < 1.29 is 19.2 Å². The van der Waals surface area contributed by atoms with Gasteiger partial charge in [0.2, 0.25) is 5.13 Å². The van der Waals surface area contributed by atoms with E-state index in [-0.39, 0.29) is 11.3 Å². The number of non-ortho nitro benzene ring substituents is 1. The number of nitrogens with zero attached hydrogens (tertiary/aromatic N) is 4. The Labute approximate surface area is 192 Å². The first-order valence-electron chi connectivity index (χ1n) is 9.70.